The van der Waals surface area contributed by atoms with E-state index in [2.05, 4.69) is 12.2 Å². The van der Waals surface area contributed by atoms with Crippen molar-refractivity contribution in [1.29, 1.82) is 5.26 Å². The van der Waals surface area contributed by atoms with Gasteiger partial charge in [0.05, 0.1) is 28.6 Å². The summed E-state index contributed by atoms with van der Waals surface area (Å²) in [6.45, 7) is 5.64. The van der Waals surface area contributed by atoms with Crippen LogP contribution in [0, 0.1) is 29.5 Å². The highest BCUT2D eigenvalue weighted by atomic mass is 35.5. The van der Waals surface area contributed by atoms with Crippen LogP contribution in [-0.2, 0) is 11.2 Å². The Morgan fingerprint density at radius 3 is 2.33 bits per heavy atom. The van der Waals surface area contributed by atoms with Gasteiger partial charge in [0.15, 0.2) is 11.2 Å². The Bertz CT molecular complexity index is 788. The maximum atomic E-state index is 13.4. The molecular formula is C18H14Cl2FN2O+. The molecule has 1 amide bonds. The second-order valence-electron chi connectivity index (χ2n) is 5.75. The molecular weight excluding hydrogens is 350 g/mol. The van der Waals surface area contributed by atoms with Gasteiger partial charge in [0.1, 0.15) is 0 Å². The van der Waals surface area contributed by atoms with Gasteiger partial charge in [0, 0.05) is 12.1 Å². The van der Waals surface area contributed by atoms with Crippen LogP contribution >= 0.6 is 23.2 Å². The number of benzene rings is 2. The van der Waals surface area contributed by atoms with Gasteiger partial charge < -0.3 is 5.32 Å². The van der Waals surface area contributed by atoms with Gasteiger partial charge in [-0.15, -0.1) is 0 Å². The second kappa shape index (κ2) is 7.12. The summed E-state index contributed by atoms with van der Waals surface area (Å²) >= 11 is 11.4. The molecule has 0 heterocycles. The van der Waals surface area contributed by atoms with Crippen LogP contribution < -0.4 is 5.32 Å². The average Bonchev–Trinajstić information content (AvgIpc) is 2.53. The molecule has 0 aliphatic rings. The zero-order valence-electron chi connectivity index (χ0n) is 12.9. The van der Waals surface area contributed by atoms with E-state index in [1.807, 2.05) is 6.07 Å². The predicted molar refractivity (Wildman–Crippen MR) is 93.4 cm³/mol. The van der Waals surface area contributed by atoms with Gasteiger partial charge in [-0.05, 0) is 36.8 Å². The first-order valence-corrected chi connectivity index (χ1v) is 7.79. The molecule has 2 aromatic carbocycles. The number of nitriles is 1. The van der Waals surface area contributed by atoms with Gasteiger partial charge in [-0.3, -0.25) is 4.79 Å². The molecule has 0 aromatic heterocycles. The summed E-state index contributed by atoms with van der Waals surface area (Å²) in [7, 11) is 0. The number of hydrogen-bond acceptors (Lipinski definition) is 2. The SMILES string of the molecule is [CH2+]C(C)(Cc1ccc(C#N)cc1)C(=O)Nc1cc(Cl)c(F)c(Cl)c1. The molecule has 6 heteroatoms. The highest BCUT2D eigenvalue weighted by molar-refractivity contribution is 6.35. The molecule has 122 valence electrons. The summed E-state index contributed by atoms with van der Waals surface area (Å²) in [5.74, 6) is -1.09. The number of nitrogens with zero attached hydrogens (tertiary/aromatic N) is 1. The number of rotatable bonds is 4. The van der Waals surface area contributed by atoms with Gasteiger partial charge in [-0.1, -0.05) is 35.3 Å². The molecule has 0 aliphatic heterocycles. The molecule has 2 rings (SSSR count). The highest BCUT2D eigenvalue weighted by Crippen LogP contribution is 2.29. The quantitative estimate of drug-likeness (QED) is 0.611. The van der Waals surface area contributed by atoms with E-state index in [0.29, 0.717) is 17.7 Å². The molecule has 0 spiro atoms. The molecule has 0 saturated heterocycles. The lowest BCUT2D eigenvalue weighted by molar-refractivity contribution is -0.122. The molecule has 3 nitrogen and oxygen atoms in total. The molecule has 1 unspecified atom stereocenters. The van der Waals surface area contributed by atoms with Crippen LogP contribution in [0.5, 0.6) is 0 Å². The van der Waals surface area contributed by atoms with Crippen molar-refractivity contribution in [2.45, 2.75) is 13.3 Å². The third-order valence-corrected chi connectivity index (χ3v) is 4.02. The van der Waals surface area contributed by atoms with Crippen molar-refractivity contribution in [1.82, 2.24) is 0 Å². The van der Waals surface area contributed by atoms with Crippen LogP contribution in [0.15, 0.2) is 36.4 Å². The number of halogens is 3. The van der Waals surface area contributed by atoms with Crippen LogP contribution in [-0.4, -0.2) is 5.91 Å². The number of amides is 1. The Balaban J connectivity index is 2.13. The standard InChI is InChI=1S/C18H13Cl2FN2O/c1-18(2,9-11-3-5-12(10-22)6-4-11)17(24)23-13-7-14(19)16(21)15(20)8-13/h3-8H,1,9H2,2H3/p+1. The van der Waals surface area contributed by atoms with E-state index >= 15 is 0 Å². The predicted octanol–water partition coefficient (Wildman–Crippen LogP) is 5.03. The number of anilines is 1. The summed E-state index contributed by atoms with van der Waals surface area (Å²) in [4.78, 5) is 12.5. The molecule has 0 aliphatic carbocycles. The first-order chi connectivity index (χ1) is 11.2. The number of hydrogen-bond donors (Lipinski definition) is 1. The first kappa shape index (κ1) is 18.1. The van der Waals surface area contributed by atoms with Crippen LogP contribution in [0.3, 0.4) is 0 Å². The average molecular weight is 364 g/mol. The number of nitrogens with one attached hydrogen (secondary N) is 1. The second-order valence-corrected chi connectivity index (χ2v) is 6.57. The fourth-order valence-corrected chi connectivity index (χ4v) is 2.62. The lowest BCUT2D eigenvalue weighted by atomic mass is 9.84. The van der Waals surface area contributed by atoms with Gasteiger partial charge in [0.25, 0.3) is 5.91 Å². The Kier molecular flexibility index (Phi) is 5.38. The Morgan fingerprint density at radius 2 is 1.83 bits per heavy atom. The van der Waals surface area contributed by atoms with Crippen molar-refractivity contribution in [2.75, 3.05) is 5.32 Å². The van der Waals surface area contributed by atoms with Crippen molar-refractivity contribution < 1.29 is 9.18 Å². The van der Waals surface area contributed by atoms with Crippen molar-refractivity contribution in [2.24, 2.45) is 5.41 Å². The maximum absolute atomic E-state index is 13.4. The van der Waals surface area contributed by atoms with E-state index in [-0.39, 0.29) is 16.0 Å². The zero-order chi connectivity index (χ0) is 17.9. The van der Waals surface area contributed by atoms with Gasteiger partial charge >= 0.3 is 0 Å². The maximum Gasteiger partial charge on any atom is 0.275 e. The molecule has 0 saturated carbocycles. The van der Waals surface area contributed by atoms with E-state index in [4.69, 9.17) is 28.5 Å². The molecule has 1 atom stereocenters. The Labute approximate surface area is 150 Å². The molecule has 24 heavy (non-hydrogen) atoms. The van der Waals surface area contributed by atoms with Crippen molar-refractivity contribution >= 4 is 34.8 Å². The van der Waals surface area contributed by atoms with Gasteiger partial charge in [-0.2, -0.15) is 5.26 Å². The van der Waals surface area contributed by atoms with Gasteiger partial charge in [0.2, 0.25) is 0 Å². The number of carbonyl (C=O) groups is 1. The van der Waals surface area contributed by atoms with Crippen LogP contribution in [0.2, 0.25) is 10.0 Å². The molecule has 0 bridgehead atoms. The third kappa shape index (κ3) is 4.19. The summed E-state index contributed by atoms with van der Waals surface area (Å²) in [5.41, 5.74) is 0.745. The molecule has 0 radical (unpaired) electrons. The lowest BCUT2D eigenvalue weighted by Gasteiger charge is -2.18. The van der Waals surface area contributed by atoms with E-state index in [1.165, 1.54) is 12.1 Å². The number of carbonyl (C=O) groups excluding carboxylic acids is 1. The lowest BCUT2D eigenvalue weighted by Crippen LogP contribution is -2.33. The fraction of sp³-hybridized carbons (Fsp3) is 0.167. The van der Waals surface area contributed by atoms with Crippen molar-refractivity contribution in [3.63, 3.8) is 0 Å². The minimum absolute atomic E-state index is 0.171. The van der Waals surface area contributed by atoms with E-state index < -0.39 is 11.2 Å². The zero-order valence-corrected chi connectivity index (χ0v) is 14.4. The van der Waals surface area contributed by atoms with Crippen LogP contribution in [0.1, 0.15) is 18.1 Å². The smallest absolute Gasteiger partial charge is 0.275 e. The molecule has 0 fully saturated rings. The highest BCUT2D eigenvalue weighted by Gasteiger charge is 2.35. The fourth-order valence-electron chi connectivity index (χ4n) is 2.14. The minimum Gasteiger partial charge on any atom is -0.322 e. The minimum atomic E-state index is -0.971. The van der Waals surface area contributed by atoms with E-state index in [9.17, 15) is 9.18 Å². The largest absolute Gasteiger partial charge is 0.322 e. The van der Waals surface area contributed by atoms with E-state index in [0.717, 1.165) is 5.56 Å². The van der Waals surface area contributed by atoms with Gasteiger partial charge in [-0.25, -0.2) is 4.39 Å². The first-order valence-electron chi connectivity index (χ1n) is 7.03. The van der Waals surface area contributed by atoms with E-state index in [1.54, 1.807) is 31.2 Å². The molecule has 2 aromatic rings. The summed E-state index contributed by atoms with van der Waals surface area (Å²) in [6.07, 6.45) is 0.368. The summed E-state index contributed by atoms with van der Waals surface area (Å²) < 4.78 is 13.4. The Morgan fingerprint density at radius 1 is 1.29 bits per heavy atom. The summed E-state index contributed by atoms with van der Waals surface area (Å²) in [6, 6.07) is 11.5. The van der Waals surface area contributed by atoms with Crippen molar-refractivity contribution in [3.05, 3.63) is 70.3 Å². The Hall–Kier alpha value is -2.22. The van der Waals surface area contributed by atoms with Crippen LogP contribution in [0.4, 0.5) is 10.1 Å². The molecule has 1 N–H and O–H groups in total. The van der Waals surface area contributed by atoms with Crippen molar-refractivity contribution in [3.8, 4) is 6.07 Å². The van der Waals surface area contributed by atoms with Crippen LogP contribution in [0.25, 0.3) is 0 Å². The topological polar surface area (TPSA) is 52.9 Å². The normalized spacial score (nSPS) is 13.0. The monoisotopic (exact) mass is 363 g/mol. The third-order valence-electron chi connectivity index (χ3n) is 3.47. The summed E-state index contributed by atoms with van der Waals surface area (Å²) in [5, 5.41) is 11.1.